The molecule has 2 nitrogen and oxygen atoms in total. The van der Waals surface area contributed by atoms with Gasteiger partial charge in [0.1, 0.15) is 5.75 Å². The van der Waals surface area contributed by atoms with Gasteiger partial charge in [-0.3, -0.25) is 0 Å². The molecule has 1 rings (SSSR count). The topological polar surface area (TPSA) is 29.5 Å². The largest absolute Gasteiger partial charge is 0.492 e. The smallest absolute Gasteiger partial charge is 0.136 e. The highest BCUT2D eigenvalue weighted by Gasteiger charge is 2.12. The molecule has 0 heterocycles. The average molecular weight is 306 g/mol. The summed E-state index contributed by atoms with van der Waals surface area (Å²) >= 11 is 2.25. The maximum atomic E-state index is 9.11. The van der Waals surface area contributed by atoms with E-state index in [1.807, 2.05) is 32.0 Å². The van der Waals surface area contributed by atoms with Crippen molar-refractivity contribution in [1.82, 2.24) is 0 Å². The van der Waals surface area contributed by atoms with Crippen LogP contribution < -0.4 is 4.74 Å². The monoisotopic (exact) mass is 306 g/mol. The fourth-order valence-corrected chi connectivity index (χ4v) is 1.98. The molecule has 0 saturated heterocycles. The minimum atomic E-state index is 0.131. The first-order chi connectivity index (χ1) is 6.70. The van der Waals surface area contributed by atoms with E-state index in [4.69, 9.17) is 9.84 Å². The Kier molecular flexibility index (Phi) is 4.68. The molecule has 0 aliphatic carbocycles. The van der Waals surface area contributed by atoms with Crippen molar-refractivity contribution in [1.29, 1.82) is 0 Å². The first kappa shape index (κ1) is 11.8. The molecule has 0 saturated carbocycles. The summed E-state index contributed by atoms with van der Waals surface area (Å²) in [4.78, 5) is 0. The third kappa shape index (κ3) is 2.60. The summed E-state index contributed by atoms with van der Waals surface area (Å²) in [6.07, 6.45) is 0. The third-order valence-electron chi connectivity index (χ3n) is 2.09. The lowest BCUT2D eigenvalue weighted by Crippen LogP contribution is -2.04. The second kappa shape index (κ2) is 5.56. The van der Waals surface area contributed by atoms with Crippen molar-refractivity contribution in [2.24, 2.45) is 0 Å². The van der Waals surface area contributed by atoms with Gasteiger partial charge >= 0.3 is 0 Å². The van der Waals surface area contributed by atoms with Crippen LogP contribution in [0.3, 0.4) is 0 Å². The molecule has 0 bridgehead atoms. The Bertz CT molecular complexity index is 299. The molecular weight excluding hydrogens is 291 g/mol. The summed E-state index contributed by atoms with van der Waals surface area (Å²) in [6.45, 7) is 4.77. The van der Waals surface area contributed by atoms with Gasteiger partial charge in [0.2, 0.25) is 0 Å². The Morgan fingerprint density at radius 2 is 2.21 bits per heavy atom. The van der Waals surface area contributed by atoms with Crippen molar-refractivity contribution in [2.75, 3.05) is 13.2 Å². The predicted octanol–water partition coefficient (Wildman–Crippen LogP) is 2.79. The molecule has 1 N–H and O–H groups in total. The molecule has 0 amide bonds. The van der Waals surface area contributed by atoms with E-state index in [0.717, 1.165) is 14.9 Å². The third-order valence-corrected chi connectivity index (χ3v) is 2.94. The van der Waals surface area contributed by atoms with Crippen LogP contribution in [-0.2, 0) is 0 Å². The van der Waals surface area contributed by atoms with Crippen LogP contribution in [-0.4, -0.2) is 18.3 Å². The van der Waals surface area contributed by atoms with Crippen molar-refractivity contribution >= 4 is 22.6 Å². The number of rotatable bonds is 4. The highest BCUT2D eigenvalue weighted by molar-refractivity contribution is 14.1. The van der Waals surface area contributed by atoms with Gasteiger partial charge in [0.05, 0.1) is 10.2 Å². The van der Waals surface area contributed by atoms with Crippen LogP contribution in [0.15, 0.2) is 18.2 Å². The van der Waals surface area contributed by atoms with E-state index in [1.165, 1.54) is 0 Å². The van der Waals surface area contributed by atoms with Gasteiger partial charge in [-0.05, 0) is 35.6 Å². The highest BCUT2D eigenvalue weighted by atomic mass is 127. The average Bonchev–Trinajstić information content (AvgIpc) is 2.20. The van der Waals surface area contributed by atoms with Crippen molar-refractivity contribution in [3.05, 3.63) is 27.3 Å². The lowest BCUT2D eigenvalue weighted by atomic mass is 10.0. The number of hydrogen-bond donors (Lipinski definition) is 1. The Hall–Kier alpha value is -0.290. The summed E-state index contributed by atoms with van der Waals surface area (Å²) in [5.41, 5.74) is 1.08. The Balaban J connectivity index is 3.07. The second-order valence-electron chi connectivity index (χ2n) is 3.17. The van der Waals surface area contributed by atoms with Gasteiger partial charge < -0.3 is 9.84 Å². The van der Waals surface area contributed by atoms with Gasteiger partial charge in [-0.1, -0.05) is 19.1 Å². The molecule has 78 valence electrons. The molecule has 14 heavy (non-hydrogen) atoms. The van der Waals surface area contributed by atoms with Gasteiger partial charge in [0.15, 0.2) is 0 Å². The molecule has 1 atom stereocenters. The zero-order valence-electron chi connectivity index (χ0n) is 8.46. The summed E-state index contributed by atoms with van der Waals surface area (Å²) in [6, 6.07) is 6.01. The SMILES string of the molecule is CCOc1c(I)cccc1C(C)CO. The maximum Gasteiger partial charge on any atom is 0.136 e. The fourth-order valence-electron chi connectivity index (χ4n) is 1.31. The van der Waals surface area contributed by atoms with Gasteiger partial charge in [0.25, 0.3) is 0 Å². The Morgan fingerprint density at radius 1 is 1.50 bits per heavy atom. The fraction of sp³-hybridized carbons (Fsp3) is 0.455. The number of aliphatic hydroxyl groups excluding tert-OH is 1. The normalized spacial score (nSPS) is 12.6. The number of hydrogen-bond acceptors (Lipinski definition) is 2. The first-order valence-corrected chi connectivity index (χ1v) is 5.80. The molecule has 0 aromatic heterocycles. The molecule has 1 aromatic rings. The van der Waals surface area contributed by atoms with E-state index in [2.05, 4.69) is 22.6 Å². The Labute approximate surface area is 98.4 Å². The number of aliphatic hydroxyl groups is 1. The lowest BCUT2D eigenvalue weighted by Gasteiger charge is -2.15. The number of benzene rings is 1. The van der Waals surface area contributed by atoms with Crippen molar-refractivity contribution in [3.63, 3.8) is 0 Å². The van der Waals surface area contributed by atoms with Crippen LogP contribution in [0.25, 0.3) is 0 Å². The molecule has 0 aliphatic heterocycles. The van der Waals surface area contributed by atoms with Crippen LogP contribution in [0.1, 0.15) is 25.3 Å². The molecule has 0 aliphatic rings. The predicted molar refractivity (Wildman–Crippen MR) is 65.8 cm³/mol. The van der Waals surface area contributed by atoms with Gasteiger partial charge in [-0.15, -0.1) is 0 Å². The number of ether oxygens (including phenoxy) is 1. The molecule has 0 fully saturated rings. The summed E-state index contributed by atoms with van der Waals surface area (Å²) in [7, 11) is 0. The van der Waals surface area contributed by atoms with Crippen LogP contribution in [0, 0.1) is 3.57 Å². The molecule has 3 heteroatoms. The first-order valence-electron chi connectivity index (χ1n) is 4.72. The summed E-state index contributed by atoms with van der Waals surface area (Å²) in [5, 5.41) is 9.11. The summed E-state index contributed by atoms with van der Waals surface area (Å²) in [5.74, 6) is 1.04. The lowest BCUT2D eigenvalue weighted by molar-refractivity contribution is 0.266. The second-order valence-corrected chi connectivity index (χ2v) is 4.34. The zero-order chi connectivity index (χ0) is 10.6. The van der Waals surface area contributed by atoms with Gasteiger partial charge in [0, 0.05) is 18.1 Å². The van der Waals surface area contributed by atoms with Crippen molar-refractivity contribution in [2.45, 2.75) is 19.8 Å². The quantitative estimate of drug-likeness (QED) is 0.867. The van der Waals surface area contributed by atoms with Crippen LogP contribution in [0.5, 0.6) is 5.75 Å². The van der Waals surface area contributed by atoms with E-state index >= 15 is 0 Å². The maximum absolute atomic E-state index is 9.11. The molecule has 1 aromatic carbocycles. The van der Waals surface area contributed by atoms with Crippen LogP contribution >= 0.6 is 22.6 Å². The summed E-state index contributed by atoms with van der Waals surface area (Å²) < 4.78 is 6.67. The zero-order valence-corrected chi connectivity index (χ0v) is 10.6. The molecule has 1 unspecified atom stereocenters. The van der Waals surface area contributed by atoms with Crippen LogP contribution in [0.4, 0.5) is 0 Å². The van der Waals surface area contributed by atoms with E-state index in [-0.39, 0.29) is 12.5 Å². The van der Waals surface area contributed by atoms with E-state index in [1.54, 1.807) is 0 Å². The van der Waals surface area contributed by atoms with E-state index < -0.39 is 0 Å². The molecule has 0 radical (unpaired) electrons. The standard InChI is InChI=1S/C11H15IO2/c1-3-14-11-9(8(2)7-13)5-4-6-10(11)12/h4-6,8,13H,3,7H2,1-2H3. The van der Waals surface area contributed by atoms with Crippen LogP contribution in [0.2, 0.25) is 0 Å². The minimum absolute atomic E-state index is 0.131. The number of para-hydroxylation sites is 1. The van der Waals surface area contributed by atoms with Gasteiger partial charge in [-0.25, -0.2) is 0 Å². The van der Waals surface area contributed by atoms with Crippen molar-refractivity contribution < 1.29 is 9.84 Å². The molecular formula is C11H15IO2. The van der Waals surface area contributed by atoms with Gasteiger partial charge in [-0.2, -0.15) is 0 Å². The Morgan fingerprint density at radius 3 is 2.79 bits per heavy atom. The minimum Gasteiger partial charge on any atom is -0.492 e. The molecule has 0 spiro atoms. The van der Waals surface area contributed by atoms with E-state index in [0.29, 0.717) is 6.61 Å². The van der Waals surface area contributed by atoms with Crippen molar-refractivity contribution in [3.8, 4) is 5.75 Å². The van der Waals surface area contributed by atoms with E-state index in [9.17, 15) is 0 Å². The number of halogens is 1. The highest BCUT2D eigenvalue weighted by Crippen LogP contribution is 2.31.